The summed E-state index contributed by atoms with van der Waals surface area (Å²) in [7, 11) is 0. The molecule has 3 rings (SSSR count). The highest BCUT2D eigenvalue weighted by molar-refractivity contribution is 9.10. The van der Waals surface area contributed by atoms with E-state index in [9.17, 15) is 9.90 Å². The predicted octanol–water partition coefficient (Wildman–Crippen LogP) is 3.38. The second-order valence-electron chi connectivity index (χ2n) is 4.75. The van der Waals surface area contributed by atoms with Crippen molar-refractivity contribution in [2.75, 3.05) is 6.61 Å². The summed E-state index contributed by atoms with van der Waals surface area (Å²) in [5, 5.41) is 20.5. The summed E-state index contributed by atoms with van der Waals surface area (Å²) in [6, 6.07) is 9.37. The van der Waals surface area contributed by atoms with Crippen molar-refractivity contribution in [2.24, 2.45) is 0 Å². The van der Waals surface area contributed by atoms with Gasteiger partial charge < -0.3 is 15.2 Å². The van der Waals surface area contributed by atoms with Crippen LogP contribution in [0.5, 0.6) is 0 Å². The van der Waals surface area contributed by atoms with Gasteiger partial charge in [0.15, 0.2) is 5.78 Å². The number of aliphatic hydroxyl groups excluding tert-OH is 2. The molecule has 6 heteroatoms. The largest absolute Gasteiger partial charge is 0.393 e. The van der Waals surface area contributed by atoms with Crippen molar-refractivity contribution >= 4 is 59.4 Å². The fourth-order valence-electron chi connectivity index (χ4n) is 2.39. The number of halogens is 2. The average Bonchev–Trinajstić information content (AvgIpc) is 2.82. The number of carbonyl (C=O) groups is 1. The number of aromatic amines is 1. The van der Waals surface area contributed by atoms with Crippen molar-refractivity contribution in [3.63, 3.8) is 0 Å². The minimum atomic E-state index is -1.42. The number of Topliss-reactive ketones (excluding diaryl/α,β-unsaturated/α-hetero) is 1. The summed E-state index contributed by atoms with van der Waals surface area (Å²) >= 11 is 6.83. The van der Waals surface area contributed by atoms with Gasteiger partial charge in [0.2, 0.25) is 0 Å². The van der Waals surface area contributed by atoms with E-state index >= 15 is 0 Å². The molecule has 108 valence electrons. The van der Waals surface area contributed by atoms with E-state index in [4.69, 9.17) is 5.11 Å². The van der Waals surface area contributed by atoms with Gasteiger partial charge in [-0.1, -0.05) is 31.9 Å². The zero-order valence-electron chi connectivity index (χ0n) is 10.7. The van der Waals surface area contributed by atoms with E-state index in [-0.39, 0.29) is 0 Å². The summed E-state index contributed by atoms with van der Waals surface area (Å²) in [5.41, 5.74) is 1.91. The number of aliphatic hydroxyl groups is 2. The number of hydrogen-bond donors (Lipinski definition) is 3. The van der Waals surface area contributed by atoms with Gasteiger partial charge in [-0.15, -0.1) is 0 Å². The van der Waals surface area contributed by atoms with Gasteiger partial charge in [-0.3, -0.25) is 4.79 Å². The molecule has 0 spiro atoms. The third kappa shape index (κ3) is 2.53. The summed E-state index contributed by atoms with van der Waals surface area (Å²) in [5.74, 6) is -0.505. The van der Waals surface area contributed by atoms with Crippen LogP contribution in [-0.4, -0.2) is 33.7 Å². The molecule has 0 radical (unpaired) electrons. The molecule has 3 aromatic rings. The Balaban J connectivity index is 2.35. The third-order valence-electron chi connectivity index (χ3n) is 3.38. The SMILES string of the molecule is O=C(c1cc(Br)cc2c1[nH]c1ccc(Br)cc12)C(O)CO. The Bertz CT molecular complexity index is 857. The first-order chi connectivity index (χ1) is 10.0. The Kier molecular flexibility index (Phi) is 3.88. The molecular weight excluding hydrogens is 402 g/mol. The molecule has 0 aliphatic rings. The van der Waals surface area contributed by atoms with E-state index < -0.39 is 18.5 Å². The first-order valence-electron chi connectivity index (χ1n) is 6.25. The van der Waals surface area contributed by atoms with E-state index in [2.05, 4.69) is 36.8 Å². The Morgan fingerprint density at radius 3 is 2.57 bits per heavy atom. The van der Waals surface area contributed by atoms with Crippen LogP contribution < -0.4 is 0 Å². The van der Waals surface area contributed by atoms with Crippen LogP contribution >= 0.6 is 31.9 Å². The van der Waals surface area contributed by atoms with Gasteiger partial charge in [0.1, 0.15) is 6.10 Å². The number of aromatic nitrogens is 1. The third-order valence-corrected chi connectivity index (χ3v) is 4.33. The Labute approximate surface area is 137 Å². The monoisotopic (exact) mass is 411 g/mol. The van der Waals surface area contributed by atoms with Crippen LogP contribution in [0.4, 0.5) is 0 Å². The molecule has 0 saturated heterocycles. The molecular formula is C15H11Br2NO3. The van der Waals surface area contributed by atoms with Crippen molar-refractivity contribution in [3.05, 3.63) is 44.8 Å². The molecule has 0 bridgehead atoms. The molecule has 1 heterocycles. The molecule has 2 aromatic carbocycles. The van der Waals surface area contributed by atoms with E-state index in [1.54, 1.807) is 6.07 Å². The Morgan fingerprint density at radius 1 is 1.14 bits per heavy atom. The quantitative estimate of drug-likeness (QED) is 0.577. The number of H-pyrrole nitrogens is 1. The van der Waals surface area contributed by atoms with Gasteiger partial charge in [-0.2, -0.15) is 0 Å². The number of carbonyl (C=O) groups excluding carboxylic acids is 1. The molecule has 1 unspecified atom stereocenters. The molecule has 4 nitrogen and oxygen atoms in total. The van der Waals surface area contributed by atoms with Gasteiger partial charge in [0.25, 0.3) is 0 Å². The smallest absolute Gasteiger partial charge is 0.195 e. The van der Waals surface area contributed by atoms with Crippen molar-refractivity contribution in [1.82, 2.24) is 4.98 Å². The van der Waals surface area contributed by atoms with Crippen LogP contribution in [0.15, 0.2) is 39.3 Å². The minimum Gasteiger partial charge on any atom is -0.393 e. The molecule has 0 fully saturated rings. The van der Waals surface area contributed by atoms with Gasteiger partial charge >= 0.3 is 0 Å². The van der Waals surface area contributed by atoms with Crippen LogP contribution in [0.1, 0.15) is 10.4 Å². The number of nitrogens with one attached hydrogen (secondary N) is 1. The second kappa shape index (κ2) is 5.53. The van der Waals surface area contributed by atoms with E-state index in [1.165, 1.54) is 0 Å². The highest BCUT2D eigenvalue weighted by Crippen LogP contribution is 2.33. The lowest BCUT2D eigenvalue weighted by atomic mass is 10.0. The number of hydrogen-bond acceptors (Lipinski definition) is 3. The molecule has 21 heavy (non-hydrogen) atoms. The first-order valence-corrected chi connectivity index (χ1v) is 7.83. The lowest BCUT2D eigenvalue weighted by Crippen LogP contribution is -2.24. The minimum absolute atomic E-state index is 0.355. The summed E-state index contributed by atoms with van der Waals surface area (Å²) in [6.07, 6.45) is -1.42. The van der Waals surface area contributed by atoms with Crippen molar-refractivity contribution in [2.45, 2.75) is 6.10 Å². The molecule has 0 saturated carbocycles. The maximum Gasteiger partial charge on any atom is 0.195 e. The Morgan fingerprint density at radius 2 is 1.86 bits per heavy atom. The fourth-order valence-corrected chi connectivity index (χ4v) is 3.21. The maximum atomic E-state index is 12.2. The standard InChI is InChI=1S/C15H11Br2NO3/c16-7-1-2-12-9(3-7)10-4-8(17)5-11(14(10)18-12)15(21)13(20)6-19/h1-5,13,18-20H,6H2. The zero-order chi connectivity index (χ0) is 15.1. The van der Waals surface area contributed by atoms with Crippen LogP contribution in [0.3, 0.4) is 0 Å². The van der Waals surface area contributed by atoms with Gasteiger partial charge in [-0.25, -0.2) is 0 Å². The highest BCUT2D eigenvalue weighted by atomic mass is 79.9. The van der Waals surface area contributed by atoms with E-state index in [0.717, 1.165) is 25.2 Å². The van der Waals surface area contributed by atoms with Crippen LogP contribution in [0.25, 0.3) is 21.8 Å². The van der Waals surface area contributed by atoms with Crippen LogP contribution in [0, 0.1) is 0 Å². The van der Waals surface area contributed by atoms with Crippen LogP contribution in [0.2, 0.25) is 0 Å². The predicted molar refractivity (Wildman–Crippen MR) is 88.6 cm³/mol. The van der Waals surface area contributed by atoms with Crippen molar-refractivity contribution < 1.29 is 15.0 Å². The molecule has 3 N–H and O–H groups in total. The van der Waals surface area contributed by atoms with Gasteiger partial charge in [0.05, 0.1) is 12.1 Å². The highest BCUT2D eigenvalue weighted by Gasteiger charge is 2.21. The van der Waals surface area contributed by atoms with E-state index in [0.29, 0.717) is 11.1 Å². The summed E-state index contributed by atoms with van der Waals surface area (Å²) in [4.78, 5) is 15.4. The molecule has 1 atom stereocenters. The first kappa shape index (κ1) is 14.7. The second-order valence-corrected chi connectivity index (χ2v) is 6.58. The van der Waals surface area contributed by atoms with Gasteiger partial charge in [0, 0.05) is 30.8 Å². The fraction of sp³-hybridized carbons (Fsp3) is 0.133. The lowest BCUT2D eigenvalue weighted by molar-refractivity contribution is 0.0589. The topological polar surface area (TPSA) is 73.3 Å². The normalized spacial score (nSPS) is 13.0. The maximum absolute atomic E-state index is 12.2. The molecule has 0 aliphatic heterocycles. The number of fused-ring (bicyclic) bond motifs is 3. The van der Waals surface area contributed by atoms with Crippen molar-refractivity contribution in [3.8, 4) is 0 Å². The summed E-state index contributed by atoms with van der Waals surface area (Å²) < 4.78 is 1.68. The number of rotatable bonds is 3. The average molecular weight is 413 g/mol. The lowest BCUT2D eigenvalue weighted by Gasteiger charge is -2.08. The number of ketones is 1. The molecule has 1 aromatic heterocycles. The van der Waals surface area contributed by atoms with Crippen LogP contribution in [-0.2, 0) is 0 Å². The molecule has 0 aliphatic carbocycles. The zero-order valence-corrected chi connectivity index (χ0v) is 13.9. The summed E-state index contributed by atoms with van der Waals surface area (Å²) in [6.45, 7) is -0.599. The van der Waals surface area contributed by atoms with Crippen molar-refractivity contribution in [1.29, 1.82) is 0 Å². The van der Waals surface area contributed by atoms with E-state index in [1.807, 2.05) is 24.3 Å². The van der Waals surface area contributed by atoms with Gasteiger partial charge in [-0.05, 0) is 30.3 Å². The number of benzene rings is 2. The molecule has 0 amide bonds. The Hall–Kier alpha value is -1.21.